The highest BCUT2D eigenvalue weighted by Gasteiger charge is 2.05. The van der Waals surface area contributed by atoms with Crippen LogP contribution < -0.4 is 4.90 Å². The molecule has 0 aliphatic heterocycles. The van der Waals surface area contributed by atoms with Gasteiger partial charge >= 0.3 is 0 Å². The van der Waals surface area contributed by atoms with Crippen LogP contribution in [0.1, 0.15) is 110 Å². The van der Waals surface area contributed by atoms with Crippen LogP contribution in [0.2, 0.25) is 0 Å². The van der Waals surface area contributed by atoms with Crippen LogP contribution in [-0.2, 0) is 4.79 Å². The predicted octanol–water partition coefficient (Wildman–Crippen LogP) is 7.86. The Labute approximate surface area is 175 Å². The fraction of sp³-hybridized carbons (Fsp3) is 0.731. The summed E-state index contributed by atoms with van der Waals surface area (Å²) in [5, 5.41) is 0. The van der Waals surface area contributed by atoms with Gasteiger partial charge in [-0.05, 0) is 18.6 Å². The average molecular weight is 387 g/mol. The predicted molar refractivity (Wildman–Crippen MR) is 124 cm³/mol. The van der Waals surface area contributed by atoms with E-state index in [9.17, 15) is 4.79 Å². The number of para-hydroxylation sites is 1. The van der Waals surface area contributed by atoms with Gasteiger partial charge in [-0.1, -0.05) is 121 Å². The molecule has 28 heavy (non-hydrogen) atoms. The van der Waals surface area contributed by atoms with Crippen LogP contribution >= 0.6 is 0 Å². The van der Waals surface area contributed by atoms with Gasteiger partial charge in [0.1, 0.15) is 0 Å². The number of benzene rings is 1. The van der Waals surface area contributed by atoms with Crippen molar-refractivity contribution in [3.8, 4) is 0 Å². The Balaban J connectivity index is 1.86. The van der Waals surface area contributed by atoms with Crippen molar-refractivity contribution in [3.63, 3.8) is 0 Å². The molecule has 1 aromatic carbocycles. The van der Waals surface area contributed by atoms with E-state index in [0.717, 1.165) is 18.7 Å². The molecule has 2 heteroatoms. The van der Waals surface area contributed by atoms with Gasteiger partial charge in [0.25, 0.3) is 0 Å². The van der Waals surface area contributed by atoms with Gasteiger partial charge < -0.3 is 4.90 Å². The van der Waals surface area contributed by atoms with Crippen LogP contribution in [0.25, 0.3) is 0 Å². The second-order valence-corrected chi connectivity index (χ2v) is 8.20. The molecule has 0 fully saturated rings. The molecular weight excluding hydrogens is 342 g/mol. The zero-order valence-corrected chi connectivity index (χ0v) is 18.5. The highest BCUT2D eigenvalue weighted by Crippen LogP contribution is 2.16. The van der Waals surface area contributed by atoms with Crippen molar-refractivity contribution in [2.24, 2.45) is 0 Å². The number of hydrogen-bond acceptors (Lipinski definition) is 2. The quantitative estimate of drug-likeness (QED) is 0.212. The normalized spacial score (nSPS) is 10.9. The molecule has 0 unspecified atom stereocenters. The number of nitrogens with zero attached hydrogens (tertiary/aromatic N) is 1. The van der Waals surface area contributed by atoms with E-state index in [0.29, 0.717) is 6.54 Å². The first kappa shape index (κ1) is 24.7. The van der Waals surface area contributed by atoms with E-state index in [2.05, 4.69) is 24.0 Å². The van der Waals surface area contributed by atoms with E-state index < -0.39 is 0 Å². The van der Waals surface area contributed by atoms with E-state index in [1.807, 2.05) is 24.5 Å². The molecule has 1 radical (unpaired) electrons. The Bertz CT molecular complexity index is 445. The number of rotatable bonds is 20. The van der Waals surface area contributed by atoms with Crippen LogP contribution in [0.5, 0.6) is 0 Å². The van der Waals surface area contributed by atoms with Gasteiger partial charge in [0.15, 0.2) is 0 Å². The Morgan fingerprint density at radius 3 is 1.50 bits per heavy atom. The molecule has 0 aromatic heterocycles. The minimum absolute atomic E-state index is 0.378. The largest absolute Gasteiger partial charge is 0.364 e. The lowest BCUT2D eigenvalue weighted by Crippen LogP contribution is -2.26. The number of unbranched alkanes of at least 4 members (excludes halogenated alkanes) is 15. The van der Waals surface area contributed by atoms with Gasteiger partial charge in [-0.15, -0.1) is 0 Å². The first-order valence-corrected chi connectivity index (χ1v) is 12.0. The van der Waals surface area contributed by atoms with Gasteiger partial charge in [0.05, 0.1) is 6.54 Å². The molecule has 0 N–H and O–H groups in total. The standard InChI is InChI=1S/C26H44NO/c1-2-3-4-5-6-7-8-9-10-11-12-13-14-15-16-20-23-27(24-25-28)26-21-18-17-19-22-26/h17-19,21-22H,2-16,20,23-24H2,1H3. The van der Waals surface area contributed by atoms with Crippen molar-refractivity contribution in [3.05, 3.63) is 30.3 Å². The third kappa shape index (κ3) is 13.8. The molecule has 0 amide bonds. The third-order valence-corrected chi connectivity index (χ3v) is 5.66. The molecule has 0 bridgehead atoms. The molecule has 1 aromatic rings. The first-order valence-electron chi connectivity index (χ1n) is 12.0. The minimum atomic E-state index is 0.378. The summed E-state index contributed by atoms with van der Waals surface area (Å²) >= 11 is 0. The second-order valence-electron chi connectivity index (χ2n) is 8.20. The van der Waals surface area contributed by atoms with Crippen molar-refractivity contribution >= 4 is 12.0 Å². The molecule has 2 nitrogen and oxygen atoms in total. The summed E-state index contributed by atoms with van der Waals surface area (Å²) < 4.78 is 0. The lowest BCUT2D eigenvalue weighted by atomic mass is 10.0. The first-order chi connectivity index (χ1) is 13.9. The van der Waals surface area contributed by atoms with E-state index >= 15 is 0 Å². The molecule has 0 saturated carbocycles. The lowest BCUT2D eigenvalue weighted by Gasteiger charge is -2.21. The van der Waals surface area contributed by atoms with E-state index in [-0.39, 0.29) is 0 Å². The van der Waals surface area contributed by atoms with Gasteiger partial charge in [-0.2, -0.15) is 0 Å². The van der Waals surface area contributed by atoms with E-state index in [4.69, 9.17) is 0 Å². The van der Waals surface area contributed by atoms with Gasteiger partial charge in [-0.25, -0.2) is 0 Å². The molecule has 0 aliphatic carbocycles. The summed E-state index contributed by atoms with van der Waals surface area (Å²) in [5.41, 5.74) is 1.13. The Morgan fingerprint density at radius 2 is 1.07 bits per heavy atom. The Kier molecular flexibility index (Phi) is 16.8. The summed E-state index contributed by atoms with van der Waals surface area (Å²) in [6.07, 6.45) is 24.3. The maximum absolute atomic E-state index is 10.8. The van der Waals surface area contributed by atoms with Crippen LogP contribution in [-0.4, -0.2) is 19.4 Å². The number of anilines is 1. The molecule has 0 saturated heterocycles. The molecule has 0 heterocycles. The average Bonchev–Trinajstić information content (AvgIpc) is 2.73. The highest BCUT2D eigenvalue weighted by molar-refractivity contribution is 5.61. The smallest absolute Gasteiger partial charge is 0.219 e. The highest BCUT2D eigenvalue weighted by atomic mass is 16.1. The fourth-order valence-corrected chi connectivity index (χ4v) is 3.87. The van der Waals surface area contributed by atoms with E-state index in [1.165, 1.54) is 96.3 Å². The molecular formula is C26H44NO. The molecule has 0 atom stereocenters. The van der Waals surface area contributed by atoms with Crippen molar-refractivity contribution in [1.82, 2.24) is 0 Å². The molecule has 159 valence electrons. The zero-order valence-electron chi connectivity index (χ0n) is 18.5. The van der Waals surface area contributed by atoms with Gasteiger partial charge in [0, 0.05) is 12.2 Å². The zero-order chi connectivity index (χ0) is 20.1. The topological polar surface area (TPSA) is 20.3 Å². The SMILES string of the molecule is CCCCCCCCCCCCCCCCCCN(C[C]=O)c1ccccc1. The third-order valence-electron chi connectivity index (χ3n) is 5.66. The summed E-state index contributed by atoms with van der Waals surface area (Å²) in [4.78, 5) is 12.9. The van der Waals surface area contributed by atoms with Crippen LogP contribution in [0.15, 0.2) is 30.3 Å². The maximum atomic E-state index is 10.8. The summed E-state index contributed by atoms with van der Waals surface area (Å²) in [6, 6.07) is 10.2. The fourth-order valence-electron chi connectivity index (χ4n) is 3.87. The number of carbonyl (C=O) groups excluding carboxylic acids is 1. The minimum Gasteiger partial charge on any atom is -0.364 e. The van der Waals surface area contributed by atoms with Crippen molar-refractivity contribution in [2.45, 2.75) is 110 Å². The maximum Gasteiger partial charge on any atom is 0.219 e. The monoisotopic (exact) mass is 386 g/mol. The summed E-state index contributed by atoms with van der Waals surface area (Å²) in [6.45, 7) is 3.62. The number of hydrogen-bond donors (Lipinski definition) is 0. The Morgan fingerprint density at radius 1 is 0.643 bits per heavy atom. The second kappa shape index (κ2) is 19.0. The van der Waals surface area contributed by atoms with Crippen molar-refractivity contribution in [1.29, 1.82) is 0 Å². The van der Waals surface area contributed by atoms with Crippen LogP contribution in [0, 0.1) is 0 Å². The molecule has 0 spiro atoms. The van der Waals surface area contributed by atoms with Crippen LogP contribution in [0.4, 0.5) is 5.69 Å². The Hall–Kier alpha value is -1.31. The summed E-state index contributed by atoms with van der Waals surface area (Å²) in [7, 11) is 0. The van der Waals surface area contributed by atoms with Gasteiger partial charge in [-0.3, -0.25) is 4.79 Å². The molecule has 0 aliphatic rings. The van der Waals surface area contributed by atoms with Crippen molar-refractivity contribution in [2.75, 3.05) is 18.0 Å². The van der Waals surface area contributed by atoms with Gasteiger partial charge in [0.2, 0.25) is 6.29 Å². The van der Waals surface area contributed by atoms with Crippen LogP contribution in [0.3, 0.4) is 0 Å². The summed E-state index contributed by atoms with van der Waals surface area (Å²) in [5.74, 6) is 0. The van der Waals surface area contributed by atoms with Crippen molar-refractivity contribution < 1.29 is 4.79 Å². The lowest BCUT2D eigenvalue weighted by molar-refractivity contribution is 0.528. The van der Waals surface area contributed by atoms with E-state index in [1.54, 1.807) is 0 Å². The molecule has 1 rings (SSSR count).